The molecule has 2 unspecified atom stereocenters. The molecule has 0 aromatic heterocycles. The van der Waals surface area contributed by atoms with Gasteiger partial charge in [0.15, 0.2) is 0 Å². The summed E-state index contributed by atoms with van der Waals surface area (Å²) in [7, 11) is 0. The van der Waals surface area contributed by atoms with E-state index in [2.05, 4.69) is 6.92 Å². The van der Waals surface area contributed by atoms with Crippen molar-refractivity contribution in [1.29, 1.82) is 0 Å². The lowest BCUT2D eigenvalue weighted by molar-refractivity contribution is 0.133. The van der Waals surface area contributed by atoms with Crippen LogP contribution in [0.1, 0.15) is 29.7 Å². The van der Waals surface area contributed by atoms with Gasteiger partial charge in [-0.2, -0.15) is 0 Å². The molecule has 1 nitrogen and oxygen atoms in total. The molecule has 0 spiro atoms. The summed E-state index contributed by atoms with van der Waals surface area (Å²) < 4.78 is 0. The van der Waals surface area contributed by atoms with E-state index < -0.39 is 0 Å². The van der Waals surface area contributed by atoms with Crippen molar-refractivity contribution < 1.29 is 5.11 Å². The molecule has 0 saturated heterocycles. The highest BCUT2D eigenvalue weighted by molar-refractivity contribution is 6.31. The normalized spacial score (nSPS) is 26.2. The summed E-state index contributed by atoms with van der Waals surface area (Å²) in [5, 5.41) is 10.6. The van der Waals surface area contributed by atoms with Crippen LogP contribution in [0.4, 0.5) is 0 Å². The maximum absolute atomic E-state index is 9.84. The molecule has 0 fully saturated rings. The zero-order chi connectivity index (χ0) is 9.59. The van der Waals surface area contributed by atoms with Crippen molar-refractivity contribution in [2.75, 3.05) is 0 Å². The fourth-order valence-corrected chi connectivity index (χ4v) is 2.38. The molecule has 0 radical (unpaired) electrons. The number of benzene rings is 1. The molecule has 13 heavy (non-hydrogen) atoms. The number of hydrogen-bond acceptors (Lipinski definition) is 1. The lowest BCUT2D eigenvalue weighted by Gasteiger charge is -2.08. The Balaban J connectivity index is 2.57. The predicted octanol–water partition coefficient (Wildman–Crippen LogP) is 2.87. The summed E-state index contributed by atoms with van der Waals surface area (Å²) >= 11 is 6.09. The third-order valence-electron chi connectivity index (χ3n) is 2.76. The Morgan fingerprint density at radius 1 is 1.46 bits per heavy atom. The van der Waals surface area contributed by atoms with Gasteiger partial charge in [0.1, 0.15) is 0 Å². The molecule has 1 N–H and O–H groups in total. The molecule has 1 aliphatic rings. The molecule has 0 bridgehead atoms. The van der Waals surface area contributed by atoms with Gasteiger partial charge in [0.25, 0.3) is 0 Å². The molecule has 1 aliphatic carbocycles. The number of aliphatic hydroxyl groups excluding tert-OH is 1. The first kappa shape index (κ1) is 9.04. The van der Waals surface area contributed by atoms with Gasteiger partial charge in [-0.3, -0.25) is 0 Å². The number of rotatable bonds is 0. The van der Waals surface area contributed by atoms with Gasteiger partial charge in [0.05, 0.1) is 6.10 Å². The maximum Gasteiger partial charge on any atom is 0.0822 e. The molecule has 2 rings (SSSR count). The zero-order valence-electron chi connectivity index (χ0n) is 7.84. The predicted molar refractivity (Wildman–Crippen MR) is 54.0 cm³/mol. The van der Waals surface area contributed by atoms with Crippen molar-refractivity contribution in [2.45, 2.75) is 26.4 Å². The summed E-state index contributed by atoms with van der Waals surface area (Å²) in [5.41, 5.74) is 3.28. The van der Waals surface area contributed by atoms with E-state index in [1.54, 1.807) is 0 Å². The number of fused-ring (bicyclic) bond motifs is 1. The number of aliphatic hydroxyl groups is 1. The Bertz CT molecular complexity index is 346. The number of hydrogen-bond donors (Lipinski definition) is 1. The monoisotopic (exact) mass is 196 g/mol. The third-order valence-corrected chi connectivity index (χ3v) is 3.10. The minimum atomic E-state index is -0.326. The van der Waals surface area contributed by atoms with E-state index >= 15 is 0 Å². The standard InChI is InChI=1S/C11H13ClO/c1-6-3-9-8(10(12)4-6)5-7(2)11(9)13/h3-4,7,11,13H,5H2,1-2H3. The van der Waals surface area contributed by atoms with E-state index in [-0.39, 0.29) is 6.10 Å². The van der Waals surface area contributed by atoms with Crippen LogP contribution in [0.25, 0.3) is 0 Å². The molecule has 2 heteroatoms. The molecular weight excluding hydrogens is 184 g/mol. The van der Waals surface area contributed by atoms with Crippen LogP contribution < -0.4 is 0 Å². The fraction of sp³-hybridized carbons (Fsp3) is 0.455. The molecule has 0 aliphatic heterocycles. The summed E-state index contributed by atoms with van der Waals surface area (Å²) in [5.74, 6) is 0.300. The first-order chi connectivity index (χ1) is 6.09. The second kappa shape index (κ2) is 3.00. The van der Waals surface area contributed by atoms with Crippen molar-refractivity contribution in [3.05, 3.63) is 33.8 Å². The lowest BCUT2D eigenvalue weighted by Crippen LogP contribution is -2.01. The Morgan fingerprint density at radius 2 is 2.15 bits per heavy atom. The second-order valence-electron chi connectivity index (χ2n) is 3.94. The van der Waals surface area contributed by atoms with Crippen LogP contribution in [-0.2, 0) is 6.42 Å². The smallest absolute Gasteiger partial charge is 0.0822 e. The molecule has 0 heterocycles. The van der Waals surface area contributed by atoms with Gasteiger partial charge in [0, 0.05) is 5.02 Å². The quantitative estimate of drug-likeness (QED) is 0.677. The molecule has 1 aromatic carbocycles. The number of aryl methyl sites for hydroxylation is 1. The Labute approximate surface area is 83.3 Å². The molecule has 70 valence electrons. The van der Waals surface area contributed by atoms with Crippen molar-refractivity contribution in [3.8, 4) is 0 Å². The zero-order valence-corrected chi connectivity index (χ0v) is 8.60. The Hall–Kier alpha value is -0.530. The van der Waals surface area contributed by atoms with Crippen molar-refractivity contribution >= 4 is 11.6 Å². The second-order valence-corrected chi connectivity index (χ2v) is 4.35. The van der Waals surface area contributed by atoms with Gasteiger partial charge in [0.2, 0.25) is 0 Å². The highest BCUT2D eigenvalue weighted by atomic mass is 35.5. The highest BCUT2D eigenvalue weighted by Crippen LogP contribution is 2.39. The SMILES string of the molecule is Cc1cc(Cl)c2c(c1)C(O)C(C)C2. The van der Waals surface area contributed by atoms with Gasteiger partial charge >= 0.3 is 0 Å². The van der Waals surface area contributed by atoms with Crippen LogP contribution in [0.3, 0.4) is 0 Å². The van der Waals surface area contributed by atoms with E-state index in [4.69, 9.17) is 11.6 Å². The largest absolute Gasteiger partial charge is 0.388 e. The van der Waals surface area contributed by atoms with Crippen LogP contribution in [0.15, 0.2) is 12.1 Å². The third kappa shape index (κ3) is 1.36. The average Bonchev–Trinajstić information content (AvgIpc) is 2.32. The summed E-state index contributed by atoms with van der Waals surface area (Å²) in [4.78, 5) is 0. The molecule has 0 saturated carbocycles. The van der Waals surface area contributed by atoms with Crippen molar-refractivity contribution in [1.82, 2.24) is 0 Å². The van der Waals surface area contributed by atoms with Gasteiger partial charge < -0.3 is 5.11 Å². The van der Waals surface area contributed by atoms with Crippen LogP contribution in [0, 0.1) is 12.8 Å². The fourth-order valence-electron chi connectivity index (χ4n) is 2.02. The van der Waals surface area contributed by atoms with Gasteiger partial charge in [-0.25, -0.2) is 0 Å². The van der Waals surface area contributed by atoms with Crippen LogP contribution in [-0.4, -0.2) is 5.11 Å². The van der Waals surface area contributed by atoms with E-state index in [1.807, 2.05) is 19.1 Å². The highest BCUT2D eigenvalue weighted by Gasteiger charge is 2.29. The number of halogens is 1. The van der Waals surface area contributed by atoms with Crippen LogP contribution in [0.2, 0.25) is 5.02 Å². The lowest BCUT2D eigenvalue weighted by atomic mass is 10.1. The maximum atomic E-state index is 9.84. The Morgan fingerprint density at radius 3 is 2.85 bits per heavy atom. The molecule has 2 atom stereocenters. The summed E-state index contributed by atoms with van der Waals surface area (Å²) in [6.07, 6.45) is 0.572. The van der Waals surface area contributed by atoms with Gasteiger partial charge in [-0.15, -0.1) is 0 Å². The summed E-state index contributed by atoms with van der Waals surface area (Å²) in [6, 6.07) is 4.00. The first-order valence-electron chi connectivity index (χ1n) is 4.56. The summed E-state index contributed by atoms with van der Waals surface area (Å²) in [6.45, 7) is 4.05. The van der Waals surface area contributed by atoms with Crippen LogP contribution >= 0.6 is 11.6 Å². The van der Waals surface area contributed by atoms with Crippen molar-refractivity contribution in [3.63, 3.8) is 0 Å². The van der Waals surface area contributed by atoms with E-state index in [0.717, 1.165) is 28.1 Å². The van der Waals surface area contributed by atoms with E-state index in [1.165, 1.54) is 0 Å². The van der Waals surface area contributed by atoms with E-state index in [0.29, 0.717) is 5.92 Å². The van der Waals surface area contributed by atoms with E-state index in [9.17, 15) is 5.11 Å². The van der Waals surface area contributed by atoms with Gasteiger partial charge in [-0.05, 0) is 42.0 Å². The topological polar surface area (TPSA) is 20.2 Å². The minimum absolute atomic E-state index is 0.300. The molecule has 0 amide bonds. The Kier molecular flexibility index (Phi) is 2.09. The average molecular weight is 197 g/mol. The molecular formula is C11H13ClO. The minimum Gasteiger partial charge on any atom is -0.388 e. The van der Waals surface area contributed by atoms with Gasteiger partial charge in [-0.1, -0.05) is 24.6 Å². The van der Waals surface area contributed by atoms with Crippen LogP contribution in [0.5, 0.6) is 0 Å². The van der Waals surface area contributed by atoms with Crippen molar-refractivity contribution in [2.24, 2.45) is 5.92 Å². The molecule has 1 aromatic rings. The first-order valence-corrected chi connectivity index (χ1v) is 4.94.